The Morgan fingerprint density at radius 2 is 1.96 bits per heavy atom. The fourth-order valence-corrected chi connectivity index (χ4v) is 3.59. The predicted molar refractivity (Wildman–Crippen MR) is 103 cm³/mol. The maximum absolute atomic E-state index is 12.6. The lowest BCUT2D eigenvalue weighted by molar-refractivity contribution is 0.0938. The summed E-state index contributed by atoms with van der Waals surface area (Å²) in [6, 6.07) is 11.3. The van der Waals surface area contributed by atoms with Crippen LogP contribution >= 0.6 is 11.3 Å². The van der Waals surface area contributed by atoms with Crippen LogP contribution in [0.25, 0.3) is 10.6 Å². The van der Waals surface area contributed by atoms with Crippen LogP contribution in [-0.4, -0.2) is 17.5 Å². The van der Waals surface area contributed by atoms with Gasteiger partial charge in [-0.1, -0.05) is 0 Å². The first-order valence-corrected chi connectivity index (χ1v) is 9.37. The molecule has 1 unspecified atom stereocenters. The number of amides is 1. The Labute approximate surface area is 157 Å². The van der Waals surface area contributed by atoms with E-state index in [-0.39, 0.29) is 11.9 Å². The molecule has 0 saturated carbocycles. The van der Waals surface area contributed by atoms with Crippen molar-refractivity contribution >= 4 is 17.2 Å². The van der Waals surface area contributed by atoms with Crippen LogP contribution in [0.2, 0.25) is 0 Å². The zero-order valence-corrected chi connectivity index (χ0v) is 16.1. The standard InChI is InChI=1S/C20H22N2O3S/c1-5-24-16-9-7-15(8-10-16)20-22-14(4)18(26-20)19(23)21-13(3)17-11-6-12(2)25-17/h6-11,13H,5H2,1-4H3,(H,21,23). The fraction of sp³-hybridized carbons (Fsp3) is 0.300. The van der Waals surface area contributed by atoms with Crippen LogP contribution in [0.5, 0.6) is 5.75 Å². The van der Waals surface area contributed by atoms with Gasteiger partial charge in [0.25, 0.3) is 5.91 Å². The fourth-order valence-electron chi connectivity index (χ4n) is 2.61. The molecule has 0 fully saturated rings. The van der Waals surface area contributed by atoms with Crippen LogP contribution in [0, 0.1) is 13.8 Å². The van der Waals surface area contributed by atoms with Crippen molar-refractivity contribution in [1.82, 2.24) is 10.3 Å². The molecule has 2 heterocycles. The third-order valence-electron chi connectivity index (χ3n) is 3.95. The van der Waals surface area contributed by atoms with Gasteiger partial charge in [0.2, 0.25) is 0 Å². The van der Waals surface area contributed by atoms with E-state index in [0.29, 0.717) is 11.5 Å². The molecule has 1 atom stereocenters. The van der Waals surface area contributed by atoms with Gasteiger partial charge in [-0.3, -0.25) is 4.79 Å². The molecule has 3 aromatic rings. The summed E-state index contributed by atoms with van der Waals surface area (Å²) in [5.74, 6) is 2.25. The Morgan fingerprint density at radius 1 is 1.23 bits per heavy atom. The molecule has 0 saturated heterocycles. The van der Waals surface area contributed by atoms with Gasteiger partial charge in [0.15, 0.2) is 0 Å². The molecule has 0 spiro atoms. The van der Waals surface area contributed by atoms with Gasteiger partial charge in [0.1, 0.15) is 27.2 Å². The number of furan rings is 1. The summed E-state index contributed by atoms with van der Waals surface area (Å²) in [7, 11) is 0. The van der Waals surface area contributed by atoms with E-state index in [2.05, 4.69) is 10.3 Å². The van der Waals surface area contributed by atoms with Crippen molar-refractivity contribution in [3.8, 4) is 16.3 Å². The molecule has 0 aliphatic rings. The molecule has 1 N–H and O–H groups in total. The molecular weight excluding hydrogens is 348 g/mol. The van der Waals surface area contributed by atoms with E-state index >= 15 is 0 Å². The Hall–Kier alpha value is -2.60. The second kappa shape index (κ2) is 7.74. The number of rotatable bonds is 6. The van der Waals surface area contributed by atoms with E-state index in [1.165, 1.54) is 11.3 Å². The summed E-state index contributed by atoms with van der Waals surface area (Å²) >= 11 is 1.39. The quantitative estimate of drug-likeness (QED) is 0.669. The number of benzene rings is 1. The van der Waals surface area contributed by atoms with Crippen LogP contribution in [0.15, 0.2) is 40.8 Å². The summed E-state index contributed by atoms with van der Waals surface area (Å²) in [5.41, 5.74) is 1.69. The highest BCUT2D eigenvalue weighted by Crippen LogP contribution is 2.29. The molecule has 5 nitrogen and oxygen atoms in total. The average molecular weight is 370 g/mol. The summed E-state index contributed by atoms with van der Waals surface area (Å²) in [5, 5.41) is 3.79. The topological polar surface area (TPSA) is 64.4 Å². The van der Waals surface area contributed by atoms with Crippen LogP contribution in [-0.2, 0) is 0 Å². The van der Waals surface area contributed by atoms with Crippen LogP contribution in [0.4, 0.5) is 0 Å². The van der Waals surface area contributed by atoms with Gasteiger partial charge in [-0.25, -0.2) is 4.98 Å². The van der Waals surface area contributed by atoms with Gasteiger partial charge in [-0.2, -0.15) is 0 Å². The Morgan fingerprint density at radius 3 is 2.58 bits per heavy atom. The number of carbonyl (C=O) groups is 1. The van der Waals surface area contributed by atoms with E-state index in [4.69, 9.17) is 9.15 Å². The number of thiazole rings is 1. The Bertz CT molecular complexity index is 896. The van der Waals surface area contributed by atoms with Gasteiger partial charge in [-0.05, 0) is 64.1 Å². The van der Waals surface area contributed by atoms with E-state index in [1.807, 2.05) is 64.1 Å². The number of nitrogens with one attached hydrogen (secondary N) is 1. The molecular formula is C20H22N2O3S. The molecule has 1 aromatic carbocycles. The Balaban J connectivity index is 1.75. The number of aryl methyl sites for hydroxylation is 2. The van der Waals surface area contributed by atoms with Gasteiger partial charge in [-0.15, -0.1) is 11.3 Å². The van der Waals surface area contributed by atoms with Gasteiger partial charge in [0, 0.05) is 5.56 Å². The lowest BCUT2D eigenvalue weighted by Crippen LogP contribution is -2.26. The molecule has 0 bridgehead atoms. The number of nitrogens with zero attached hydrogens (tertiary/aromatic N) is 1. The van der Waals surface area contributed by atoms with Crippen molar-refractivity contribution in [2.45, 2.75) is 33.7 Å². The molecule has 136 valence electrons. The van der Waals surface area contributed by atoms with Crippen molar-refractivity contribution in [2.24, 2.45) is 0 Å². The highest BCUT2D eigenvalue weighted by molar-refractivity contribution is 7.17. The number of hydrogen-bond donors (Lipinski definition) is 1. The summed E-state index contributed by atoms with van der Waals surface area (Å²) < 4.78 is 11.0. The van der Waals surface area contributed by atoms with Crippen LogP contribution < -0.4 is 10.1 Å². The van der Waals surface area contributed by atoms with Gasteiger partial charge in [0.05, 0.1) is 18.3 Å². The van der Waals surface area contributed by atoms with Gasteiger partial charge < -0.3 is 14.5 Å². The van der Waals surface area contributed by atoms with Crippen molar-refractivity contribution in [3.05, 3.63) is 58.5 Å². The third-order valence-corrected chi connectivity index (χ3v) is 5.16. The first kappa shape index (κ1) is 18.2. The van der Waals surface area contributed by atoms with Crippen molar-refractivity contribution in [3.63, 3.8) is 0 Å². The number of hydrogen-bond acceptors (Lipinski definition) is 5. The highest BCUT2D eigenvalue weighted by atomic mass is 32.1. The summed E-state index contributed by atoms with van der Waals surface area (Å²) in [6.07, 6.45) is 0. The molecule has 0 radical (unpaired) electrons. The summed E-state index contributed by atoms with van der Waals surface area (Å²) in [6.45, 7) is 8.22. The maximum atomic E-state index is 12.6. The number of aromatic nitrogens is 1. The zero-order valence-electron chi connectivity index (χ0n) is 15.3. The molecule has 1 amide bonds. The SMILES string of the molecule is CCOc1ccc(-c2nc(C)c(C(=O)NC(C)c3ccc(C)o3)s2)cc1. The first-order chi connectivity index (χ1) is 12.5. The predicted octanol–water partition coefficient (Wildman–Crippen LogP) is 4.91. The average Bonchev–Trinajstić information content (AvgIpc) is 3.22. The highest BCUT2D eigenvalue weighted by Gasteiger charge is 2.19. The van der Waals surface area contributed by atoms with E-state index < -0.39 is 0 Å². The minimum Gasteiger partial charge on any atom is -0.494 e. The summed E-state index contributed by atoms with van der Waals surface area (Å²) in [4.78, 5) is 17.8. The third kappa shape index (κ3) is 3.96. The molecule has 0 aliphatic heterocycles. The minimum atomic E-state index is -0.202. The lowest BCUT2D eigenvalue weighted by atomic mass is 10.2. The molecule has 26 heavy (non-hydrogen) atoms. The Kier molecular flexibility index (Phi) is 5.42. The maximum Gasteiger partial charge on any atom is 0.263 e. The molecule has 3 rings (SSSR count). The van der Waals surface area contributed by atoms with Gasteiger partial charge >= 0.3 is 0 Å². The van der Waals surface area contributed by atoms with E-state index in [1.54, 1.807) is 0 Å². The van der Waals surface area contributed by atoms with Crippen molar-refractivity contribution < 1.29 is 13.9 Å². The van der Waals surface area contributed by atoms with E-state index in [0.717, 1.165) is 33.5 Å². The molecule has 0 aliphatic carbocycles. The smallest absolute Gasteiger partial charge is 0.263 e. The largest absolute Gasteiger partial charge is 0.494 e. The molecule has 2 aromatic heterocycles. The monoisotopic (exact) mass is 370 g/mol. The molecule has 6 heteroatoms. The van der Waals surface area contributed by atoms with Crippen molar-refractivity contribution in [2.75, 3.05) is 6.61 Å². The number of carbonyl (C=O) groups excluding carboxylic acids is 1. The van der Waals surface area contributed by atoms with Crippen LogP contribution in [0.3, 0.4) is 0 Å². The minimum absolute atomic E-state index is 0.140. The van der Waals surface area contributed by atoms with Crippen molar-refractivity contribution in [1.29, 1.82) is 0 Å². The van der Waals surface area contributed by atoms with Crippen LogP contribution in [0.1, 0.15) is 46.8 Å². The second-order valence-corrected chi connectivity index (χ2v) is 7.03. The lowest BCUT2D eigenvalue weighted by Gasteiger charge is -2.10. The van der Waals surface area contributed by atoms with E-state index in [9.17, 15) is 4.79 Å². The second-order valence-electron chi connectivity index (χ2n) is 6.03. The normalized spacial score (nSPS) is 12.0. The zero-order chi connectivity index (χ0) is 18.7. The number of ether oxygens (including phenoxy) is 1. The first-order valence-electron chi connectivity index (χ1n) is 8.55.